The summed E-state index contributed by atoms with van der Waals surface area (Å²) in [4.78, 5) is 18.4. The van der Waals surface area contributed by atoms with Gasteiger partial charge >= 0.3 is 0 Å². The zero-order valence-corrected chi connectivity index (χ0v) is 12.2. The van der Waals surface area contributed by atoms with Crippen LogP contribution in [0.1, 0.15) is 46.3 Å². The van der Waals surface area contributed by atoms with Gasteiger partial charge in [-0.25, -0.2) is 4.98 Å². The molecule has 21 heavy (non-hydrogen) atoms. The number of fused-ring (bicyclic) bond motifs is 1. The summed E-state index contributed by atoms with van der Waals surface area (Å²) in [5.74, 6) is 0.625. The van der Waals surface area contributed by atoms with E-state index in [9.17, 15) is 9.90 Å². The molecule has 0 fully saturated rings. The van der Waals surface area contributed by atoms with Gasteiger partial charge in [0.25, 0.3) is 5.91 Å². The Kier molecular flexibility index (Phi) is 3.51. The molecule has 1 aromatic heterocycles. The predicted octanol–water partition coefficient (Wildman–Crippen LogP) is 2.23. The second-order valence-electron chi connectivity index (χ2n) is 5.28. The van der Waals surface area contributed by atoms with Crippen molar-refractivity contribution in [2.45, 2.75) is 32.9 Å². The van der Waals surface area contributed by atoms with Gasteiger partial charge < -0.3 is 14.4 Å². The molecule has 1 aliphatic heterocycles. The minimum absolute atomic E-state index is 0.215. The topological polar surface area (TPSA) is 66.6 Å². The van der Waals surface area contributed by atoms with Crippen LogP contribution >= 0.6 is 0 Å². The van der Waals surface area contributed by atoms with Gasteiger partial charge in [-0.3, -0.25) is 4.79 Å². The van der Waals surface area contributed by atoms with E-state index in [0.29, 0.717) is 24.6 Å². The maximum Gasteiger partial charge on any atom is 0.291 e. The first-order chi connectivity index (χ1) is 10.1. The number of carbonyl (C=O) groups is 1. The van der Waals surface area contributed by atoms with Crippen LogP contribution in [0.3, 0.4) is 0 Å². The molecule has 5 heteroatoms. The van der Waals surface area contributed by atoms with E-state index in [1.807, 2.05) is 31.2 Å². The summed E-state index contributed by atoms with van der Waals surface area (Å²) in [6, 6.07) is 7.64. The van der Waals surface area contributed by atoms with Crippen LogP contribution in [0.15, 0.2) is 28.7 Å². The number of carbonyl (C=O) groups excluding carboxylic acids is 1. The summed E-state index contributed by atoms with van der Waals surface area (Å²) in [6.07, 6.45) is -0.00711. The Hall–Kier alpha value is -2.14. The van der Waals surface area contributed by atoms with Crippen molar-refractivity contribution in [3.63, 3.8) is 0 Å². The van der Waals surface area contributed by atoms with Crippen molar-refractivity contribution in [1.82, 2.24) is 9.88 Å². The fourth-order valence-corrected chi connectivity index (χ4v) is 2.68. The third kappa shape index (κ3) is 2.45. The Morgan fingerprint density at radius 1 is 1.48 bits per heavy atom. The van der Waals surface area contributed by atoms with Crippen LogP contribution in [-0.2, 0) is 13.0 Å². The summed E-state index contributed by atoms with van der Waals surface area (Å²) >= 11 is 0. The number of nitrogens with zero attached hydrogens (tertiary/aromatic N) is 2. The number of oxazole rings is 1. The monoisotopic (exact) mass is 286 g/mol. The number of hydrogen-bond donors (Lipinski definition) is 1. The molecule has 2 aromatic rings. The van der Waals surface area contributed by atoms with Crippen molar-refractivity contribution in [3.05, 3.63) is 52.7 Å². The summed E-state index contributed by atoms with van der Waals surface area (Å²) in [6.45, 7) is 4.45. The van der Waals surface area contributed by atoms with Crippen molar-refractivity contribution in [2.75, 3.05) is 6.54 Å². The standard InChI is InChI=1S/C16H18N2O3/c1-3-14-17-10(2)15(21-14)16(20)18-8-11-6-4-5-7-12(11)13(19)9-18/h4-7,13,19H,3,8-9H2,1-2H3/t13-/m1/s1. The second kappa shape index (κ2) is 5.33. The first kappa shape index (κ1) is 13.8. The molecular formula is C16H18N2O3. The molecule has 110 valence electrons. The lowest BCUT2D eigenvalue weighted by Crippen LogP contribution is -2.38. The van der Waals surface area contributed by atoms with Crippen LogP contribution < -0.4 is 0 Å². The SMILES string of the molecule is CCc1nc(C)c(C(=O)N2Cc3ccccc3[C@H](O)C2)o1. The summed E-state index contributed by atoms with van der Waals surface area (Å²) in [5, 5.41) is 10.2. The molecule has 0 spiro atoms. The predicted molar refractivity (Wildman–Crippen MR) is 76.8 cm³/mol. The third-order valence-electron chi connectivity index (χ3n) is 3.79. The molecule has 3 rings (SSSR count). The second-order valence-corrected chi connectivity index (χ2v) is 5.28. The van der Waals surface area contributed by atoms with Gasteiger partial charge in [0.05, 0.1) is 18.3 Å². The van der Waals surface area contributed by atoms with E-state index >= 15 is 0 Å². The molecule has 1 N–H and O–H groups in total. The van der Waals surface area contributed by atoms with Crippen molar-refractivity contribution in [2.24, 2.45) is 0 Å². The van der Waals surface area contributed by atoms with E-state index in [4.69, 9.17) is 4.42 Å². The molecule has 0 bridgehead atoms. The number of aryl methyl sites for hydroxylation is 2. The van der Waals surface area contributed by atoms with Crippen LogP contribution in [0.2, 0.25) is 0 Å². The minimum atomic E-state index is -0.659. The number of benzene rings is 1. The molecular weight excluding hydrogens is 268 g/mol. The van der Waals surface area contributed by atoms with E-state index in [1.54, 1.807) is 11.8 Å². The number of hydrogen-bond acceptors (Lipinski definition) is 4. The van der Waals surface area contributed by atoms with Gasteiger partial charge in [-0.05, 0) is 18.1 Å². The fourth-order valence-electron chi connectivity index (χ4n) is 2.68. The Balaban J connectivity index is 1.88. The highest BCUT2D eigenvalue weighted by atomic mass is 16.4. The molecule has 1 aromatic carbocycles. The van der Waals surface area contributed by atoms with E-state index < -0.39 is 6.10 Å². The van der Waals surface area contributed by atoms with Crippen LogP contribution in [0, 0.1) is 6.92 Å². The Labute approximate surface area is 123 Å². The first-order valence-corrected chi connectivity index (χ1v) is 7.11. The maximum absolute atomic E-state index is 12.6. The van der Waals surface area contributed by atoms with E-state index in [0.717, 1.165) is 11.1 Å². The molecule has 2 heterocycles. The average molecular weight is 286 g/mol. The Bertz CT molecular complexity index is 678. The van der Waals surface area contributed by atoms with Gasteiger partial charge in [-0.15, -0.1) is 0 Å². The number of rotatable bonds is 2. The zero-order valence-electron chi connectivity index (χ0n) is 12.2. The molecule has 5 nitrogen and oxygen atoms in total. The fraction of sp³-hybridized carbons (Fsp3) is 0.375. The van der Waals surface area contributed by atoms with Gasteiger partial charge in [0.2, 0.25) is 5.76 Å². The van der Waals surface area contributed by atoms with E-state index in [-0.39, 0.29) is 18.2 Å². The molecule has 1 atom stereocenters. The number of aromatic nitrogens is 1. The average Bonchev–Trinajstić information content (AvgIpc) is 2.87. The maximum atomic E-state index is 12.6. The summed E-state index contributed by atoms with van der Waals surface area (Å²) < 4.78 is 5.52. The Morgan fingerprint density at radius 2 is 2.24 bits per heavy atom. The zero-order chi connectivity index (χ0) is 15.0. The minimum Gasteiger partial charge on any atom is -0.435 e. The quantitative estimate of drug-likeness (QED) is 0.919. The van der Waals surface area contributed by atoms with Crippen molar-refractivity contribution in [3.8, 4) is 0 Å². The van der Waals surface area contributed by atoms with Gasteiger partial charge in [0.1, 0.15) is 0 Å². The largest absolute Gasteiger partial charge is 0.435 e. The lowest BCUT2D eigenvalue weighted by molar-refractivity contribution is 0.0519. The number of β-amino-alcohol motifs (C(OH)–C–C–N with tert-alkyl or cyclic N) is 1. The smallest absolute Gasteiger partial charge is 0.291 e. The molecule has 0 radical (unpaired) electrons. The van der Waals surface area contributed by atoms with Gasteiger partial charge in [-0.2, -0.15) is 0 Å². The van der Waals surface area contributed by atoms with Crippen molar-refractivity contribution >= 4 is 5.91 Å². The van der Waals surface area contributed by atoms with Crippen LogP contribution in [0.4, 0.5) is 0 Å². The lowest BCUT2D eigenvalue weighted by atomic mass is 9.97. The molecule has 0 saturated heterocycles. The van der Waals surface area contributed by atoms with Crippen LogP contribution in [0.5, 0.6) is 0 Å². The highest BCUT2D eigenvalue weighted by Gasteiger charge is 2.30. The van der Waals surface area contributed by atoms with Gasteiger partial charge in [0, 0.05) is 13.0 Å². The van der Waals surface area contributed by atoms with Gasteiger partial charge in [-0.1, -0.05) is 31.2 Å². The summed E-state index contributed by atoms with van der Waals surface area (Å²) in [7, 11) is 0. The van der Waals surface area contributed by atoms with Crippen LogP contribution in [0.25, 0.3) is 0 Å². The molecule has 1 aliphatic rings. The van der Waals surface area contributed by atoms with Crippen molar-refractivity contribution < 1.29 is 14.3 Å². The highest BCUT2D eigenvalue weighted by molar-refractivity contribution is 5.92. The lowest BCUT2D eigenvalue weighted by Gasteiger charge is -2.31. The van der Waals surface area contributed by atoms with Gasteiger partial charge in [0.15, 0.2) is 5.89 Å². The van der Waals surface area contributed by atoms with Crippen molar-refractivity contribution in [1.29, 1.82) is 0 Å². The molecule has 0 unspecified atom stereocenters. The third-order valence-corrected chi connectivity index (χ3v) is 3.79. The number of aliphatic hydroxyl groups excluding tert-OH is 1. The van der Waals surface area contributed by atoms with E-state index in [2.05, 4.69) is 4.98 Å². The highest BCUT2D eigenvalue weighted by Crippen LogP contribution is 2.27. The summed E-state index contributed by atoms with van der Waals surface area (Å²) in [5.41, 5.74) is 2.47. The van der Waals surface area contributed by atoms with E-state index in [1.165, 1.54) is 0 Å². The normalized spacial score (nSPS) is 17.7. The Morgan fingerprint density at radius 3 is 2.95 bits per heavy atom. The first-order valence-electron chi connectivity index (χ1n) is 7.11. The number of aliphatic hydroxyl groups is 1. The molecule has 0 saturated carbocycles. The number of amides is 1. The molecule has 0 aliphatic carbocycles. The van der Waals surface area contributed by atoms with Crippen LogP contribution in [-0.4, -0.2) is 27.4 Å². The molecule has 1 amide bonds.